The van der Waals surface area contributed by atoms with Crippen molar-refractivity contribution >= 4 is 61.9 Å². The summed E-state index contributed by atoms with van der Waals surface area (Å²) in [6.07, 6.45) is -5.08. The number of fused-ring (bicyclic) bond motifs is 1. The molecule has 1 heterocycles. The second-order valence-electron chi connectivity index (χ2n) is 9.09. The average Bonchev–Trinajstić information content (AvgIpc) is 3.40. The van der Waals surface area contributed by atoms with Crippen molar-refractivity contribution in [1.82, 2.24) is 18.5 Å². The summed E-state index contributed by atoms with van der Waals surface area (Å²) in [4.78, 5) is 26.2. The SMILES string of the molecule is CN(C)CC(c1ccccc1)N(C)C(=O)c1ccc(Cl)cc1NS(=O)(=O)c1cccc2nsnc12.O=C(O)C(F)(F)F. The van der Waals surface area contributed by atoms with Gasteiger partial charge in [0.05, 0.1) is 29.0 Å². The van der Waals surface area contributed by atoms with Crippen LogP contribution in [-0.4, -0.2) is 77.8 Å². The first kappa shape index (κ1) is 32.7. The third-order valence-corrected chi connectivity index (χ3v) is 7.92. The fourth-order valence-electron chi connectivity index (χ4n) is 3.79. The quantitative estimate of drug-likeness (QED) is 0.269. The summed E-state index contributed by atoms with van der Waals surface area (Å²) in [6, 6.07) is 18.7. The molecule has 0 bridgehead atoms. The van der Waals surface area contributed by atoms with Crippen LogP contribution in [0.5, 0.6) is 0 Å². The first-order valence-electron chi connectivity index (χ1n) is 11.9. The van der Waals surface area contributed by atoms with Crippen LogP contribution in [0.3, 0.4) is 0 Å². The minimum atomic E-state index is -5.08. The number of nitrogens with one attached hydrogen (secondary N) is 1. The molecule has 3 aromatic carbocycles. The normalized spacial score (nSPS) is 12.4. The van der Waals surface area contributed by atoms with Gasteiger partial charge in [-0.3, -0.25) is 9.52 Å². The molecule has 0 saturated carbocycles. The van der Waals surface area contributed by atoms with Crippen LogP contribution < -0.4 is 4.72 Å². The number of hydrogen-bond donors (Lipinski definition) is 2. The van der Waals surface area contributed by atoms with Crippen molar-refractivity contribution in [1.29, 1.82) is 0 Å². The van der Waals surface area contributed by atoms with Gasteiger partial charge in [-0.2, -0.15) is 21.9 Å². The van der Waals surface area contributed by atoms with E-state index in [1.54, 1.807) is 30.1 Å². The van der Waals surface area contributed by atoms with Crippen molar-refractivity contribution in [2.75, 3.05) is 32.4 Å². The van der Waals surface area contributed by atoms with Crippen LogP contribution in [-0.2, 0) is 14.8 Å². The molecule has 0 aliphatic heterocycles. The molecule has 224 valence electrons. The number of sulfonamides is 1. The monoisotopic (exact) mass is 643 g/mol. The first-order valence-corrected chi connectivity index (χ1v) is 14.5. The van der Waals surface area contributed by atoms with Gasteiger partial charge < -0.3 is 14.9 Å². The number of aromatic nitrogens is 2. The van der Waals surface area contributed by atoms with Gasteiger partial charge in [-0.15, -0.1) is 0 Å². The van der Waals surface area contributed by atoms with E-state index in [-0.39, 0.29) is 33.6 Å². The van der Waals surface area contributed by atoms with E-state index in [9.17, 15) is 26.4 Å². The Morgan fingerprint density at radius 1 is 1.02 bits per heavy atom. The molecule has 1 unspecified atom stereocenters. The number of rotatable bonds is 8. The Kier molecular flexibility index (Phi) is 10.5. The molecular formula is C26H25ClF3N5O5S2. The molecule has 0 fully saturated rings. The summed E-state index contributed by atoms with van der Waals surface area (Å²) >= 11 is 7.13. The van der Waals surface area contributed by atoms with Crippen LogP contribution in [0.1, 0.15) is 22.0 Å². The Labute approximate surface area is 248 Å². The van der Waals surface area contributed by atoms with Crippen molar-refractivity contribution in [3.8, 4) is 0 Å². The van der Waals surface area contributed by atoms with E-state index in [0.717, 1.165) is 17.3 Å². The van der Waals surface area contributed by atoms with Crippen LogP contribution in [0.15, 0.2) is 71.6 Å². The Morgan fingerprint density at radius 3 is 2.26 bits per heavy atom. The molecule has 0 aliphatic carbocycles. The van der Waals surface area contributed by atoms with Gasteiger partial charge in [-0.25, -0.2) is 13.2 Å². The highest BCUT2D eigenvalue weighted by molar-refractivity contribution is 7.93. The van der Waals surface area contributed by atoms with Crippen molar-refractivity contribution in [2.24, 2.45) is 0 Å². The molecule has 0 radical (unpaired) electrons. The molecule has 4 rings (SSSR count). The smallest absolute Gasteiger partial charge is 0.475 e. The molecule has 2 N–H and O–H groups in total. The van der Waals surface area contributed by atoms with E-state index < -0.39 is 22.2 Å². The number of carbonyl (C=O) groups excluding carboxylic acids is 1. The number of carboxylic acid groups (broad SMARTS) is 1. The van der Waals surface area contributed by atoms with Gasteiger partial charge in [-0.1, -0.05) is 48.0 Å². The van der Waals surface area contributed by atoms with Crippen LogP contribution in [0.4, 0.5) is 18.9 Å². The van der Waals surface area contributed by atoms with E-state index in [1.165, 1.54) is 18.2 Å². The molecule has 0 saturated heterocycles. The number of halogens is 4. The fourth-order valence-corrected chi connectivity index (χ4v) is 5.80. The molecule has 42 heavy (non-hydrogen) atoms. The molecule has 0 aliphatic rings. The summed E-state index contributed by atoms with van der Waals surface area (Å²) in [7, 11) is 1.49. The zero-order valence-electron chi connectivity index (χ0n) is 22.3. The molecule has 1 atom stereocenters. The molecular weight excluding hydrogens is 619 g/mol. The molecule has 0 spiro atoms. The number of hydrogen-bond acceptors (Lipinski definition) is 8. The van der Waals surface area contributed by atoms with E-state index >= 15 is 0 Å². The number of carbonyl (C=O) groups is 2. The maximum atomic E-state index is 13.7. The predicted octanol–water partition coefficient (Wildman–Crippen LogP) is 5.15. The predicted molar refractivity (Wildman–Crippen MR) is 153 cm³/mol. The second kappa shape index (κ2) is 13.5. The second-order valence-corrected chi connectivity index (χ2v) is 11.7. The largest absolute Gasteiger partial charge is 0.490 e. The molecule has 10 nitrogen and oxygen atoms in total. The lowest BCUT2D eigenvalue weighted by Crippen LogP contribution is -2.37. The Balaban J connectivity index is 0.000000616. The summed E-state index contributed by atoms with van der Waals surface area (Å²) < 4.78 is 69.2. The number of aliphatic carboxylic acids is 1. The minimum Gasteiger partial charge on any atom is -0.475 e. The topological polar surface area (TPSA) is 133 Å². The zero-order valence-corrected chi connectivity index (χ0v) is 24.7. The summed E-state index contributed by atoms with van der Waals surface area (Å²) in [6.45, 7) is 0.583. The van der Waals surface area contributed by atoms with Crippen LogP contribution in [0.25, 0.3) is 11.0 Å². The van der Waals surface area contributed by atoms with Crippen LogP contribution in [0, 0.1) is 0 Å². The maximum Gasteiger partial charge on any atom is 0.490 e. The van der Waals surface area contributed by atoms with E-state index in [2.05, 4.69) is 13.5 Å². The summed E-state index contributed by atoms with van der Waals surface area (Å²) in [5.41, 5.74) is 1.99. The maximum absolute atomic E-state index is 13.7. The molecule has 1 aromatic heterocycles. The van der Waals surface area contributed by atoms with Gasteiger partial charge in [0.15, 0.2) is 0 Å². The van der Waals surface area contributed by atoms with Crippen molar-refractivity contribution in [3.05, 3.63) is 82.9 Å². The molecule has 1 amide bonds. The lowest BCUT2D eigenvalue weighted by Gasteiger charge is -2.31. The number of nitrogens with zero attached hydrogens (tertiary/aromatic N) is 4. The van der Waals surface area contributed by atoms with Crippen molar-refractivity contribution in [3.63, 3.8) is 0 Å². The highest BCUT2D eigenvalue weighted by Crippen LogP contribution is 2.30. The van der Waals surface area contributed by atoms with E-state index in [1.807, 2.05) is 49.3 Å². The summed E-state index contributed by atoms with van der Waals surface area (Å²) in [5.74, 6) is -3.10. The van der Waals surface area contributed by atoms with E-state index in [4.69, 9.17) is 21.5 Å². The third kappa shape index (κ3) is 8.15. The fraction of sp³-hybridized carbons (Fsp3) is 0.231. The minimum absolute atomic E-state index is 0.0229. The average molecular weight is 644 g/mol. The first-order chi connectivity index (χ1) is 19.6. The standard InChI is InChI=1S/C24H24ClN5O3S2.C2HF3O2/c1-29(2)15-21(16-8-5-4-6-9-16)30(3)24(31)18-13-12-17(25)14-20(18)28-35(32,33)22-11-7-10-19-23(22)27-34-26-19;3-2(4,5)1(6)7/h4-14,21,28H,15H2,1-3H3;(H,6,7). The van der Waals surface area contributed by atoms with Gasteiger partial charge >= 0.3 is 12.1 Å². The molecule has 4 aromatic rings. The lowest BCUT2D eigenvalue weighted by atomic mass is 10.0. The number of benzene rings is 3. The summed E-state index contributed by atoms with van der Waals surface area (Å²) in [5, 5.41) is 7.42. The van der Waals surface area contributed by atoms with Gasteiger partial charge in [0.1, 0.15) is 15.9 Å². The highest BCUT2D eigenvalue weighted by Gasteiger charge is 2.38. The van der Waals surface area contributed by atoms with Gasteiger partial charge in [0.25, 0.3) is 15.9 Å². The van der Waals surface area contributed by atoms with Crippen molar-refractivity contribution < 1.29 is 36.3 Å². The zero-order chi connectivity index (χ0) is 31.2. The highest BCUT2D eigenvalue weighted by atomic mass is 35.5. The Bertz CT molecular complexity index is 1670. The number of anilines is 1. The van der Waals surface area contributed by atoms with Gasteiger partial charge in [-0.05, 0) is 50.0 Å². The van der Waals surface area contributed by atoms with Gasteiger partial charge in [0.2, 0.25) is 0 Å². The van der Waals surface area contributed by atoms with Crippen LogP contribution in [0.2, 0.25) is 5.02 Å². The number of likely N-dealkylation sites (N-methyl/N-ethyl adjacent to an activating group) is 2. The Morgan fingerprint density at radius 2 is 1.67 bits per heavy atom. The lowest BCUT2D eigenvalue weighted by molar-refractivity contribution is -0.192. The Hall–Kier alpha value is -3.79. The number of amides is 1. The number of alkyl halides is 3. The van der Waals surface area contributed by atoms with Gasteiger partial charge in [0, 0.05) is 18.6 Å². The third-order valence-electron chi connectivity index (χ3n) is 5.75. The van der Waals surface area contributed by atoms with Crippen molar-refractivity contribution in [2.45, 2.75) is 17.1 Å². The number of carboxylic acids is 1. The molecule has 16 heteroatoms. The van der Waals surface area contributed by atoms with E-state index in [0.29, 0.717) is 17.1 Å². The van der Waals surface area contributed by atoms with Crippen LogP contribution >= 0.6 is 23.3 Å².